The van der Waals surface area contributed by atoms with Crippen molar-refractivity contribution in [2.75, 3.05) is 5.32 Å². The summed E-state index contributed by atoms with van der Waals surface area (Å²) in [6, 6.07) is 19.1. The molecule has 0 radical (unpaired) electrons. The van der Waals surface area contributed by atoms with Gasteiger partial charge in [0.05, 0.1) is 20.9 Å². The van der Waals surface area contributed by atoms with Crippen LogP contribution in [0.15, 0.2) is 60.7 Å². The zero-order chi connectivity index (χ0) is 21.3. The highest BCUT2D eigenvalue weighted by Crippen LogP contribution is 2.33. The van der Waals surface area contributed by atoms with Gasteiger partial charge in [-0.1, -0.05) is 35.9 Å². The van der Waals surface area contributed by atoms with E-state index in [2.05, 4.69) is 15.6 Å². The number of rotatable bonds is 3. The molecule has 3 aromatic carbocycles. The normalized spacial score (nSPS) is 10.8. The summed E-state index contributed by atoms with van der Waals surface area (Å²) in [6.45, 7) is 3.97. The van der Waals surface area contributed by atoms with E-state index in [4.69, 9.17) is 23.8 Å². The quantitative estimate of drug-likeness (QED) is 0.356. The molecule has 30 heavy (non-hydrogen) atoms. The second kappa shape index (κ2) is 8.52. The summed E-state index contributed by atoms with van der Waals surface area (Å²) in [5.74, 6) is -0.269. The van der Waals surface area contributed by atoms with Crippen LogP contribution >= 0.6 is 35.2 Å². The number of halogens is 1. The van der Waals surface area contributed by atoms with Crippen molar-refractivity contribution in [2.45, 2.75) is 13.8 Å². The molecule has 0 spiro atoms. The summed E-state index contributed by atoms with van der Waals surface area (Å²) < 4.78 is 1.12. The first kappa shape index (κ1) is 20.5. The highest BCUT2D eigenvalue weighted by Gasteiger charge is 2.12. The van der Waals surface area contributed by atoms with Crippen molar-refractivity contribution in [3.63, 3.8) is 0 Å². The van der Waals surface area contributed by atoms with E-state index in [1.54, 1.807) is 23.5 Å². The van der Waals surface area contributed by atoms with Gasteiger partial charge in [0.1, 0.15) is 5.01 Å². The van der Waals surface area contributed by atoms with Crippen LogP contribution in [0.5, 0.6) is 0 Å². The van der Waals surface area contributed by atoms with E-state index in [1.807, 2.05) is 62.4 Å². The van der Waals surface area contributed by atoms with Gasteiger partial charge < -0.3 is 5.32 Å². The van der Waals surface area contributed by atoms with E-state index in [0.717, 1.165) is 31.9 Å². The maximum absolute atomic E-state index is 12.5. The molecule has 4 nitrogen and oxygen atoms in total. The van der Waals surface area contributed by atoms with Crippen LogP contribution in [0.4, 0.5) is 5.69 Å². The van der Waals surface area contributed by atoms with Gasteiger partial charge in [0, 0.05) is 11.1 Å². The molecule has 0 aliphatic rings. The van der Waals surface area contributed by atoms with Crippen molar-refractivity contribution >= 4 is 62.1 Å². The third kappa shape index (κ3) is 4.36. The molecule has 0 atom stereocenters. The number of nitrogens with one attached hydrogen (secondary N) is 2. The van der Waals surface area contributed by atoms with E-state index in [-0.39, 0.29) is 11.0 Å². The lowest BCUT2D eigenvalue weighted by molar-refractivity contribution is 0.0977. The molecule has 0 aliphatic heterocycles. The largest absolute Gasteiger partial charge is 0.331 e. The Bertz CT molecular complexity index is 1250. The summed E-state index contributed by atoms with van der Waals surface area (Å²) in [4.78, 5) is 17.2. The van der Waals surface area contributed by atoms with Gasteiger partial charge in [0.15, 0.2) is 5.11 Å². The number of thiocarbonyl (C=S) groups is 1. The van der Waals surface area contributed by atoms with Gasteiger partial charge in [-0.05, 0) is 73.6 Å². The van der Waals surface area contributed by atoms with Crippen LogP contribution in [0.3, 0.4) is 0 Å². The number of para-hydroxylation sites is 1. The molecule has 1 heterocycles. The molecule has 1 aromatic heterocycles. The number of carbonyl (C=O) groups is 1. The van der Waals surface area contributed by atoms with Crippen molar-refractivity contribution in [1.29, 1.82) is 0 Å². The predicted molar refractivity (Wildman–Crippen MR) is 130 cm³/mol. The van der Waals surface area contributed by atoms with Crippen LogP contribution in [0.1, 0.15) is 21.5 Å². The maximum atomic E-state index is 12.5. The Kier molecular flexibility index (Phi) is 5.81. The number of thiazole rings is 1. The fourth-order valence-corrected chi connectivity index (χ4v) is 4.29. The van der Waals surface area contributed by atoms with Crippen molar-refractivity contribution in [1.82, 2.24) is 10.3 Å². The van der Waals surface area contributed by atoms with E-state index >= 15 is 0 Å². The van der Waals surface area contributed by atoms with Crippen molar-refractivity contribution < 1.29 is 4.79 Å². The number of hydrogen-bond donors (Lipinski definition) is 2. The fourth-order valence-electron chi connectivity index (χ4n) is 2.96. The molecule has 0 saturated carbocycles. The molecule has 4 rings (SSSR count). The number of carbonyl (C=O) groups excluding carboxylic acids is 1. The fraction of sp³-hybridized carbons (Fsp3) is 0.0870. The Morgan fingerprint density at radius 1 is 1.03 bits per heavy atom. The minimum absolute atomic E-state index is 0.182. The standard InChI is InChI=1S/C23H18ClN3OS2/c1-13-7-8-15(11-14(13)2)21(28)27-23(29)26-19-12-16(9-10-17(19)24)22-25-18-5-3-4-6-20(18)30-22/h3-12H,1-2H3,(H2,26,27,28,29). The molecule has 0 unspecified atom stereocenters. The van der Waals surface area contributed by atoms with Gasteiger partial charge in [0.25, 0.3) is 5.91 Å². The average molecular weight is 452 g/mol. The van der Waals surface area contributed by atoms with E-state index in [1.165, 1.54) is 0 Å². The Labute approximate surface area is 188 Å². The number of nitrogens with zero attached hydrogens (tertiary/aromatic N) is 1. The molecule has 2 N–H and O–H groups in total. The molecule has 1 amide bonds. The number of benzene rings is 3. The van der Waals surface area contributed by atoms with E-state index in [0.29, 0.717) is 16.3 Å². The van der Waals surface area contributed by atoms with Crippen LogP contribution in [0, 0.1) is 13.8 Å². The Morgan fingerprint density at radius 3 is 2.60 bits per heavy atom. The molecule has 7 heteroatoms. The first-order chi connectivity index (χ1) is 14.4. The van der Waals surface area contributed by atoms with Crippen molar-refractivity contribution in [2.24, 2.45) is 0 Å². The van der Waals surface area contributed by atoms with Crippen LogP contribution in [-0.4, -0.2) is 16.0 Å². The van der Waals surface area contributed by atoms with Gasteiger partial charge in [-0.15, -0.1) is 11.3 Å². The molecule has 0 bridgehead atoms. The van der Waals surface area contributed by atoms with Crippen LogP contribution < -0.4 is 10.6 Å². The number of aryl methyl sites for hydroxylation is 2. The summed E-state index contributed by atoms with van der Waals surface area (Å²) in [5.41, 5.74) is 5.22. The Balaban J connectivity index is 1.52. The number of amides is 1. The number of anilines is 1. The zero-order valence-electron chi connectivity index (χ0n) is 16.3. The number of hydrogen-bond acceptors (Lipinski definition) is 4. The minimum Gasteiger partial charge on any atom is -0.331 e. The average Bonchev–Trinajstić information content (AvgIpc) is 3.16. The molecule has 150 valence electrons. The maximum Gasteiger partial charge on any atom is 0.257 e. The molecular weight excluding hydrogens is 434 g/mol. The van der Waals surface area contributed by atoms with Crippen LogP contribution in [-0.2, 0) is 0 Å². The van der Waals surface area contributed by atoms with E-state index < -0.39 is 0 Å². The second-order valence-corrected chi connectivity index (χ2v) is 8.73. The highest BCUT2D eigenvalue weighted by atomic mass is 35.5. The van der Waals surface area contributed by atoms with Gasteiger partial charge in [-0.25, -0.2) is 4.98 Å². The third-order valence-electron chi connectivity index (χ3n) is 4.75. The lowest BCUT2D eigenvalue weighted by atomic mass is 10.1. The molecular formula is C23H18ClN3OS2. The third-order valence-corrected chi connectivity index (χ3v) is 6.37. The van der Waals surface area contributed by atoms with Crippen LogP contribution in [0.2, 0.25) is 5.02 Å². The first-order valence-electron chi connectivity index (χ1n) is 9.26. The predicted octanol–water partition coefficient (Wildman–Crippen LogP) is 6.36. The highest BCUT2D eigenvalue weighted by molar-refractivity contribution is 7.80. The van der Waals surface area contributed by atoms with Gasteiger partial charge >= 0.3 is 0 Å². The summed E-state index contributed by atoms with van der Waals surface area (Å²) in [6.07, 6.45) is 0. The summed E-state index contributed by atoms with van der Waals surface area (Å²) in [7, 11) is 0. The van der Waals surface area contributed by atoms with Gasteiger partial charge in [0.2, 0.25) is 0 Å². The molecule has 0 fully saturated rings. The summed E-state index contributed by atoms with van der Waals surface area (Å²) >= 11 is 13.3. The topological polar surface area (TPSA) is 54.0 Å². The lowest BCUT2D eigenvalue weighted by Gasteiger charge is -2.12. The Hall–Kier alpha value is -2.80. The Morgan fingerprint density at radius 2 is 1.83 bits per heavy atom. The minimum atomic E-state index is -0.269. The van der Waals surface area contributed by atoms with Crippen LogP contribution in [0.25, 0.3) is 20.8 Å². The summed E-state index contributed by atoms with van der Waals surface area (Å²) in [5, 5.41) is 7.31. The SMILES string of the molecule is Cc1ccc(C(=O)NC(=S)Nc2cc(-c3nc4ccccc4s3)ccc2Cl)cc1C. The number of fused-ring (bicyclic) bond motifs is 1. The van der Waals surface area contributed by atoms with Gasteiger partial charge in [-0.3, -0.25) is 10.1 Å². The molecule has 4 aromatic rings. The monoisotopic (exact) mass is 451 g/mol. The second-order valence-electron chi connectivity index (χ2n) is 6.89. The lowest BCUT2D eigenvalue weighted by Crippen LogP contribution is -2.34. The first-order valence-corrected chi connectivity index (χ1v) is 10.9. The molecule has 0 saturated heterocycles. The zero-order valence-corrected chi connectivity index (χ0v) is 18.7. The number of aromatic nitrogens is 1. The van der Waals surface area contributed by atoms with Crippen molar-refractivity contribution in [3.8, 4) is 10.6 Å². The smallest absolute Gasteiger partial charge is 0.257 e. The van der Waals surface area contributed by atoms with E-state index in [9.17, 15) is 4.79 Å². The van der Waals surface area contributed by atoms with Gasteiger partial charge in [-0.2, -0.15) is 0 Å². The van der Waals surface area contributed by atoms with Crippen molar-refractivity contribution in [3.05, 3.63) is 82.4 Å². The molecule has 0 aliphatic carbocycles.